The smallest absolute Gasteiger partial charge is 0.335 e. The second-order valence-electron chi connectivity index (χ2n) is 6.38. The normalized spacial score (nSPS) is 16.6. The van der Waals surface area contributed by atoms with Crippen LogP contribution in [0.1, 0.15) is 48.8 Å². The Morgan fingerprint density at radius 3 is 2.67 bits per heavy atom. The van der Waals surface area contributed by atoms with Crippen molar-refractivity contribution in [3.63, 3.8) is 0 Å². The molecule has 0 amide bonds. The summed E-state index contributed by atoms with van der Waals surface area (Å²) >= 11 is 0. The largest absolute Gasteiger partial charge is 0.478 e. The van der Waals surface area contributed by atoms with Gasteiger partial charge >= 0.3 is 5.97 Å². The summed E-state index contributed by atoms with van der Waals surface area (Å²) in [6.45, 7) is 5.03. The number of nitrogens with zero attached hydrogens (tertiary/aromatic N) is 2. The van der Waals surface area contributed by atoms with Crippen LogP contribution in [-0.4, -0.2) is 32.3 Å². The van der Waals surface area contributed by atoms with E-state index >= 15 is 0 Å². The first kappa shape index (κ1) is 14.1. The number of aromatic carboxylic acids is 1. The molecule has 1 aliphatic rings. The van der Waals surface area contributed by atoms with Crippen LogP contribution in [0.5, 0.6) is 0 Å². The maximum Gasteiger partial charge on any atom is 0.335 e. The number of carboxylic acids is 1. The molecular weight excluding hydrogens is 268 g/mol. The number of fused-ring (bicyclic) bond motifs is 1. The lowest BCUT2D eigenvalue weighted by Gasteiger charge is -2.17. The van der Waals surface area contributed by atoms with Crippen LogP contribution in [0.15, 0.2) is 18.2 Å². The Hall–Kier alpha value is -1.88. The molecule has 2 N–H and O–H groups in total. The van der Waals surface area contributed by atoms with Gasteiger partial charge in [0.1, 0.15) is 5.82 Å². The molecule has 0 atom stereocenters. The minimum Gasteiger partial charge on any atom is -0.478 e. The molecule has 1 fully saturated rings. The highest BCUT2D eigenvalue weighted by Crippen LogP contribution is 2.47. The molecule has 112 valence electrons. The van der Waals surface area contributed by atoms with E-state index in [1.54, 1.807) is 18.2 Å². The molecule has 0 bridgehead atoms. The summed E-state index contributed by atoms with van der Waals surface area (Å²) < 4.78 is 2.09. The third kappa shape index (κ3) is 2.42. The first-order valence-electron chi connectivity index (χ1n) is 7.30. The summed E-state index contributed by atoms with van der Waals surface area (Å²) in [6, 6.07) is 5.04. The van der Waals surface area contributed by atoms with Gasteiger partial charge in [-0.25, -0.2) is 9.78 Å². The maximum atomic E-state index is 11.2. The van der Waals surface area contributed by atoms with E-state index in [-0.39, 0.29) is 23.5 Å². The highest BCUT2D eigenvalue weighted by molar-refractivity contribution is 5.92. The number of carboxylic acid groups (broad SMARTS) is 1. The molecule has 1 aromatic heterocycles. The van der Waals surface area contributed by atoms with Crippen molar-refractivity contribution in [2.24, 2.45) is 5.41 Å². The highest BCUT2D eigenvalue weighted by atomic mass is 16.4. The van der Waals surface area contributed by atoms with E-state index in [1.165, 1.54) is 0 Å². The van der Waals surface area contributed by atoms with Gasteiger partial charge < -0.3 is 14.8 Å². The monoisotopic (exact) mass is 288 g/mol. The predicted octanol–water partition coefficient (Wildman–Crippen LogP) is 2.63. The molecule has 5 heteroatoms. The Labute approximate surface area is 123 Å². The standard InChI is InChI=1S/C16H20N2O3/c1-10(2)14-17-12-4-3-11(15(20)21)7-13(12)18(14)8-16(9-19)5-6-16/h3-4,7,10,19H,5-6,8-9H2,1-2H3,(H,20,21). The van der Waals surface area contributed by atoms with Gasteiger partial charge in [0.05, 0.1) is 23.2 Å². The third-order valence-electron chi connectivity index (χ3n) is 4.33. The summed E-state index contributed by atoms with van der Waals surface area (Å²) in [4.78, 5) is 15.8. The van der Waals surface area contributed by atoms with Gasteiger partial charge in [0.15, 0.2) is 0 Å². The summed E-state index contributed by atoms with van der Waals surface area (Å²) in [5.74, 6) is 0.270. The van der Waals surface area contributed by atoms with Crippen molar-refractivity contribution in [3.8, 4) is 0 Å². The van der Waals surface area contributed by atoms with Crippen molar-refractivity contribution in [1.82, 2.24) is 9.55 Å². The number of hydrogen-bond acceptors (Lipinski definition) is 3. The van der Waals surface area contributed by atoms with Crippen LogP contribution in [0.4, 0.5) is 0 Å². The van der Waals surface area contributed by atoms with Gasteiger partial charge in [-0.2, -0.15) is 0 Å². The summed E-state index contributed by atoms with van der Waals surface area (Å²) in [5.41, 5.74) is 1.89. The van der Waals surface area contributed by atoms with Gasteiger partial charge in [0.2, 0.25) is 0 Å². The Bertz CT molecular complexity index is 699. The van der Waals surface area contributed by atoms with Crippen molar-refractivity contribution < 1.29 is 15.0 Å². The molecule has 3 rings (SSSR count). The summed E-state index contributed by atoms with van der Waals surface area (Å²) in [7, 11) is 0. The molecule has 0 saturated heterocycles. The zero-order valence-corrected chi connectivity index (χ0v) is 12.3. The van der Waals surface area contributed by atoms with E-state index < -0.39 is 5.97 Å². The number of imidazole rings is 1. The van der Waals surface area contributed by atoms with E-state index in [0.29, 0.717) is 6.54 Å². The Kier molecular flexibility index (Phi) is 3.24. The lowest BCUT2D eigenvalue weighted by molar-refractivity contribution is 0.0697. The van der Waals surface area contributed by atoms with E-state index in [4.69, 9.17) is 0 Å². The number of aliphatic hydroxyl groups is 1. The SMILES string of the molecule is CC(C)c1nc2ccc(C(=O)O)cc2n1CC1(CO)CC1. The van der Waals surface area contributed by atoms with E-state index in [0.717, 1.165) is 29.7 Å². The van der Waals surface area contributed by atoms with Gasteiger partial charge in [-0.3, -0.25) is 0 Å². The first-order chi connectivity index (χ1) is 9.96. The van der Waals surface area contributed by atoms with Crippen molar-refractivity contribution >= 4 is 17.0 Å². The van der Waals surface area contributed by atoms with Crippen LogP contribution in [0.3, 0.4) is 0 Å². The molecule has 5 nitrogen and oxygen atoms in total. The van der Waals surface area contributed by atoms with E-state index in [2.05, 4.69) is 23.4 Å². The quantitative estimate of drug-likeness (QED) is 0.887. The zero-order valence-electron chi connectivity index (χ0n) is 12.3. The molecule has 1 aromatic carbocycles. The van der Waals surface area contributed by atoms with Crippen molar-refractivity contribution in [3.05, 3.63) is 29.6 Å². The average molecular weight is 288 g/mol. The molecule has 0 unspecified atom stereocenters. The van der Waals surface area contributed by atoms with Gasteiger partial charge in [0.25, 0.3) is 0 Å². The fraction of sp³-hybridized carbons (Fsp3) is 0.500. The molecule has 1 heterocycles. The molecule has 0 spiro atoms. The number of hydrogen-bond donors (Lipinski definition) is 2. The zero-order chi connectivity index (χ0) is 15.2. The van der Waals surface area contributed by atoms with Crippen LogP contribution < -0.4 is 0 Å². The number of benzene rings is 1. The van der Waals surface area contributed by atoms with Gasteiger partial charge in [-0.15, -0.1) is 0 Å². The van der Waals surface area contributed by atoms with Gasteiger partial charge in [-0.1, -0.05) is 13.8 Å². The molecule has 0 radical (unpaired) electrons. The summed E-state index contributed by atoms with van der Waals surface area (Å²) in [5, 5.41) is 18.7. The van der Waals surface area contributed by atoms with Gasteiger partial charge in [0, 0.05) is 17.9 Å². The lowest BCUT2D eigenvalue weighted by Crippen LogP contribution is -2.18. The molecule has 1 saturated carbocycles. The van der Waals surface area contributed by atoms with E-state index in [1.807, 2.05) is 0 Å². The second kappa shape index (κ2) is 4.84. The fourth-order valence-corrected chi connectivity index (χ4v) is 2.76. The number of carbonyl (C=O) groups is 1. The van der Waals surface area contributed by atoms with Crippen LogP contribution in [0.25, 0.3) is 11.0 Å². The number of aromatic nitrogens is 2. The topological polar surface area (TPSA) is 75.3 Å². The minimum atomic E-state index is -0.931. The lowest BCUT2D eigenvalue weighted by atomic mass is 10.1. The van der Waals surface area contributed by atoms with Gasteiger partial charge in [-0.05, 0) is 31.0 Å². The van der Waals surface area contributed by atoms with Crippen LogP contribution in [-0.2, 0) is 6.54 Å². The highest BCUT2D eigenvalue weighted by Gasteiger charge is 2.43. The number of rotatable bonds is 5. The van der Waals surface area contributed by atoms with Crippen molar-refractivity contribution in [2.75, 3.05) is 6.61 Å². The summed E-state index contributed by atoms with van der Waals surface area (Å²) in [6.07, 6.45) is 2.03. The van der Waals surface area contributed by atoms with Crippen LogP contribution in [0.2, 0.25) is 0 Å². The van der Waals surface area contributed by atoms with Crippen molar-refractivity contribution in [2.45, 2.75) is 39.2 Å². The molecule has 2 aromatic rings. The Morgan fingerprint density at radius 2 is 2.14 bits per heavy atom. The molecule has 21 heavy (non-hydrogen) atoms. The predicted molar refractivity (Wildman–Crippen MR) is 79.5 cm³/mol. The van der Waals surface area contributed by atoms with Crippen LogP contribution in [0, 0.1) is 5.41 Å². The fourth-order valence-electron chi connectivity index (χ4n) is 2.76. The van der Waals surface area contributed by atoms with Crippen LogP contribution >= 0.6 is 0 Å². The average Bonchev–Trinajstić information content (AvgIpc) is 3.13. The third-order valence-corrected chi connectivity index (χ3v) is 4.33. The van der Waals surface area contributed by atoms with Crippen molar-refractivity contribution in [1.29, 1.82) is 0 Å². The van der Waals surface area contributed by atoms with E-state index in [9.17, 15) is 15.0 Å². The first-order valence-corrected chi connectivity index (χ1v) is 7.30. The molecule has 0 aliphatic heterocycles. The molecular formula is C16H20N2O3. The Balaban J connectivity index is 2.14. The minimum absolute atomic E-state index is 0.0451. The molecule has 1 aliphatic carbocycles. The number of aliphatic hydroxyl groups excluding tert-OH is 1. The maximum absolute atomic E-state index is 11.2. The second-order valence-corrected chi connectivity index (χ2v) is 6.38. The Morgan fingerprint density at radius 1 is 1.43 bits per heavy atom.